The Labute approximate surface area is 106 Å². The fraction of sp³-hybridized carbons (Fsp3) is 0.455. The van der Waals surface area contributed by atoms with E-state index in [1.807, 2.05) is 12.1 Å². The van der Waals surface area contributed by atoms with Gasteiger partial charge in [-0.1, -0.05) is 0 Å². The Hall–Kier alpha value is -1.33. The zero-order valence-corrected chi connectivity index (χ0v) is 10.4. The summed E-state index contributed by atoms with van der Waals surface area (Å²) < 4.78 is 5.29. The van der Waals surface area contributed by atoms with Crippen LogP contribution in [0.5, 0.6) is 0 Å². The highest BCUT2D eigenvalue weighted by Gasteiger charge is 2.23. The number of carbonyl (C=O) groups excluding carboxylic acids is 1. The van der Waals surface area contributed by atoms with Crippen molar-refractivity contribution in [1.82, 2.24) is 4.98 Å². The van der Waals surface area contributed by atoms with Crippen molar-refractivity contribution < 1.29 is 9.53 Å². The highest BCUT2D eigenvalue weighted by molar-refractivity contribution is 5.94. The van der Waals surface area contributed by atoms with E-state index in [9.17, 15) is 4.79 Å². The van der Waals surface area contributed by atoms with Gasteiger partial charge < -0.3 is 15.4 Å². The van der Waals surface area contributed by atoms with Gasteiger partial charge in [-0.2, -0.15) is 0 Å². The number of amides is 1. The number of ether oxygens (including phenoxy) is 1. The molecule has 1 aliphatic heterocycles. The van der Waals surface area contributed by atoms with Gasteiger partial charge in [0.25, 0.3) is 5.91 Å². The summed E-state index contributed by atoms with van der Waals surface area (Å²) in [7, 11) is 1.80. The first-order chi connectivity index (χ1) is 7.79. The molecule has 1 saturated heterocycles. The Balaban J connectivity index is 0.00000144. The number of anilines is 2. The van der Waals surface area contributed by atoms with Gasteiger partial charge in [-0.05, 0) is 25.0 Å². The molecule has 1 aliphatic rings. The van der Waals surface area contributed by atoms with Gasteiger partial charge in [-0.3, -0.25) is 4.79 Å². The van der Waals surface area contributed by atoms with Crippen molar-refractivity contribution in [1.29, 1.82) is 0 Å². The summed E-state index contributed by atoms with van der Waals surface area (Å²) in [5, 5.41) is 5.70. The van der Waals surface area contributed by atoms with E-state index in [2.05, 4.69) is 15.6 Å². The van der Waals surface area contributed by atoms with Crippen LogP contribution in [-0.2, 0) is 9.53 Å². The van der Waals surface area contributed by atoms with Crippen molar-refractivity contribution in [3.8, 4) is 0 Å². The monoisotopic (exact) mass is 257 g/mol. The average molecular weight is 258 g/mol. The number of nitrogens with zero attached hydrogens (tertiary/aromatic N) is 1. The molecule has 0 radical (unpaired) electrons. The molecule has 2 N–H and O–H groups in total. The molecule has 2 heterocycles. The van der Waals surface area contributed by atoms with Crippen molar-refractivity contribution in [3.05, 3.63) is 18.3 Å². The van der Waals surface area contributed by atoms with E-state index in [1.165, 1.54) is 0 Å². The molecule has 6 heteroatoms. The van der Waals surface area contributed by atoms with Gasteiger partial charge in [0.05, 0.1) is 11.9 Å². The predicted molar refractivity (Wildman–Crippen MR) is 68.6 cm³/mol. The van der Waals surface area contributed by atoms with Gasteiger partial charge in [0.2, 0.25) is 0 Å². The normalized spacial score (nSPS) is 18.3. The van der Waals surface area contributed by atoms with Crippen molar-refractivity contribution in [2.24, 2.45) is 0 Å². The molecule has 1 aromatic heterocycles. The first-order valence-corrected chi connectivity index (χ1v) is 5.36. The first-order valence-electron chi connectivity index (χ1n) is 5.36. The largest absolute Gasteiger partial charge is 0.373 e. The zero-order valence-electron chi connectivity index (χ0n) is 9.60. The fourth-order valence-electron chi connectivity index (χ4n) is 1.62. The third kappa shape index (κ3) is 3.57. The Kier molecular flexibility index (Phi) is 5.18. The van der Waals surface area contributed by atoms with Crippen LogP contribution in [0.1, 0.15) is 12.8 Å². The lowest BCUT2D eigenvalue weighted by Crippen LogP contribution is -2.26. The Morgan fingerprint density at radius 2 is 2.35 bits per heavy atom. The molecular formula is C11H16ClN3O2. The molecule has 0 spiro atoms. The minimum atomic E-state index is -0.302. The number of aromatic nitrogens is 1. The van der Waals surface area contributed by atoms with E-state index in [-0.39, 0.29) is 24.4 Å². The minimum absolute atomic E-state index is 0. The Bertz CT molecular complexity index is 363. The molecule has 0 bridgehead atoms. The summed E-state index contributed by atoms with van der Waals surface area (Å²) in [6.45, 7) is 0.676. The fourth-order valence-corrected chi connectivity index (χ4v) is 1.62. The summed E-state index contributed by atoms with van der Waals surface area (Å²) in [5.74, 6) is 0.687. The van der Waals surface area contributed by atoms with Crippen LogP contribution in [-0.4, -0.2) is 30.6 Å². The third-order valence-electron chi connectivity index (χ3n) is 2.51. The number of halogens is 1. The summed E-state index contributed by atoms with van der Waals surface area (Å²) >= 11 is 0. The van der Waals surface area contributed by atoms with Crippen molar-refractivity contribution in [2.75, 3.05) is 24.3 Å². The molecule has 1 amide bonds. The lowest BCUT2D eigenvalue weighted by Gasteiger charge is -2.10. The van der Waals surface area contributed by atoms with Crippen LogP contribution in [0.4, 0.5) is 11.5 Å². The highest BCUT2D eigenvalue weighted by Crippen LogP contribution is 2.15. The molecule has 1 aromatic rings. The Morgan fingerprint density at radius 3 is 2.88 bits per heavy atom. The molecule has 0 aromatic carbocycles. The number of nitrogens with one attached hydrogen (secondary N) is 2. The van der Waals surface area contributed by atoms with Gasteiger partial charge in [-0.15, -0.1) is 12.4 Å². The average Bonchev–Trinajstić information content (AvgIpc) is 2.83. The van der Waals surface area contributed by atoms with E-state index in [0.717, 1.165) is 18.7 Å². The van der Waals surface area contributed by atoms with Gasteiger partial charge in [0.1, 0.15) is 11.9 Å². The topological polar surface area (TPSA) is 63.2 Å². The molecule has 17 heavy (non-hydrogen) atoms. The zero-order chi connectivity index (χ0) is 11.4. The van der Waals surface area contributed by atoms with Crippen LogP contribution < -0.4 is 10.6 Å². The van der Waals surface area contributed by atoms with Crippen LogP contribution >= 0.6 is 12.4 Å². The molecule has 2 rings (SSSR count). The van der Waals surface area contributed by atoms with Gasteiger partial charge in [-0.25, -0.2) is 4.98 Å². The van der Waals surface area contributed by atoms with E-state index in [1.54, 1.807) is 13.2 Å². The van der Waals surface area contributed by atoms with Gasteiger partial charge >= 0.3 is 0 Å². The van der Waals surface area contributed by atoms with Crippen LogP contribution in [0.2, 0.25) is 0 Å². The van der Waals surface area contributed by atoms with Crippen LogP contribution in [0.3, 0.4) is 0 Å². The molecule has 0 unspecified atom stereocenters. The van der Waals surface area contributed by atoms with E-state index in [0.29, 0.717) is 12.3 Å². The number of carbonyl (C=O) groups is 1. The minimum Gasteiger partial charge on any atom is -0.373 e. The second kappa shape index (κ2) is 6.42. The molecule has 0 saturated carbocycles. The maximum absolute atomic E-state index is 11.7. The molecule has 1 fully saturated rings. The van der Waals surface area contributed by atoms with Crippen LogP contribution in [0.15, 0.2) is 18.3 Å². The van der Waals surface area contributed by atoms with E-state index in [4.69, 9.17) is 4.74 Å². The van der Waals surface area contributed by atoms with Crippen molar-refractivity contribution in [3.63, 3.8) is 0 Å². The van der Waals surface area contributed by atoms with Crippen molar-refractivity contribution >= 4 is 29.8 Å². The second-order valence-electron chi connectivity index (χ2n) is 3.67. The molecule has 5 nitrogen and oxygen atoms in total. The molecule has 94 valence electrons. The SMILES string of the molecule is CNc1ccc(NC(=O)[C@H]2CCCO2)cn1.Cl. The summed E-state index contributed by atoms with van der Waals surface area (Å²) in [6, 6.07) is 3.62. The smallest absolute Gasteiger partial charge is 0.253 e. The lowest BCUT2D eigenvalue weighted by molar-refractivity contribution is -0.124. The quantitative estimate of drug-likeness (QED) is 0.865. The molecule has 1 atom stereocenters. The standard InChI is InChI=1S/C11H15N3O2.ClH/c1-12-10-5-4-8(7-13-10)14-11(15)9-3-2-6-16-9;/h4-5,7,9H,2-3,6H2,1H3,(H,12,13)(H,14,15);1H/t9-;/m1./s1. The highest BCUT2D eigenvalue weighted by atomic mass is 35.5. The van der Waals surface area contributed by atoms with E-state index < -0.39 is 0 Å². The third-order valence-corrected chi connectivity index (χ3v) is 2.51. The predicted octanol–water partition coefficient (Wildman–Crippen LogP) is 1.66. The van der Waals surface area contributed by atoms with Crippen LogP contribution in [0.25, 0.3) is 0 Å². The number of hydrogen-bond acceptors (Lipinski definition) is 4. The van der Waals surface area contributed by atoms with Crippen molar-refractivity contribution in [2.45, 2.75) is 18.9 Å². The van der Waals surface area contributed by atoms with Crippen LogP contribution in [0, 0.1) is 0 Å². The Morgan fingerprint density at radius 1 is 1.53 bits per heavy atom. The number of pyridine rings is 1. The van der Waals surface area contributed by atoms with Gasteiger partial charge in [0, 0.05) is 13.7 Å². The maximum atomic E-state index is 11.7. The molecular weight excluding hydrogens is 242 g/mol. The number of rotatable bonds is 3. The summed E-state index contributed by atoms with van der Waals surface area (Å²) in [4.78, 5) is 15.8. The first kappa shape index (κ1) is 13.7. The second-order valence-corrected chi connectivity index (χ2v) is 3.67. The summed E-state index contributed by atoms with van der Waals surface area (Å²) in [5.41, 5.74) is 0.694. The summed E-state index contributed by atoms with van der Waals surface area (Å²) in [6.07, 6.45) is 3.07. The lowest BCUT2D eigenvalue weighted by atomic mass is 10.2. The molecule has 0 aliphatic carbocycles. The maximum Gasteiger partial charge on any atom is 0.253 e. The number of hydrogen-bond donors (Lipinski definition) is 2. The van der Waals surface area contributed by atoms with E-state index >= 15 is 0 Å². The van der Waals surface area contributed by atoms with Gasteiger partial charge in [0.15, 0.2) is 0 Å².